The Morgan fingerprint density at radius 2 is 2.00 bits per heavy atom. The maximum atomic E-state index is 12.8. The molecular formula is C17H17NO3S. The van der Waals surface area contributed by atoms with E-state index in [0.717, 1.165) is 0 Å². The molecule has 3 rings (SSSR count). The van der Waals surface area contributed by atoms with Gasteiger partial charge in [-0.05, 0) is 31.4 Å². The van der Waals surface area contributed by atoms with Crippen LogP contribution in [0.3, 0.4) is 0 Å². The number of rotatable bonds is 4. The maximum Gasteiger partial charge on any atom is 0.264 e. The maximum absolute atomic E-state index is 12.8. The van der Waals surface area contributed by atoms with Crippen LogP contribution in [-0.4, -0.2) is 22.8 Å². The Balaban J connectivity index is 2.02. The number of hydrogen-bond donors (Lipinski definition) is 1. The summed E-state index contributed by atoms with van der Waals surface area (Å²) in [5, 5.41) is 12.8. The zero-order chi connectivity index (χ0) is 15.9. The van der Waals surface area contributed by atoms with Crippen LogP contribution in [0.15, 0.2) is 41.8 Å². The largest absolute Gasteiger partial charge is 0.375 e. The first-order chi connectivity index (χ1) is 10.4. The fraction of sp³-hybridized carbons (Fsp3) is 0.294. The number of carbonyl (C=O) groups is 2. The lowest BCUT2D eigenvalue weighted by molar-refractivity contribution is -0.136. The summed E-state index contributed by atoms with van der Waals surface area (Å²) in [4.78, 5) is 27.3. The van der Waals surface area contributed by atoms with E-state index in [4.69, 9.17) is 0 Å². The molecule has 0 spiro atoms. The number of carbonyl (C=O) groups excluding carboxylic acids is 2. The summed E-state index contributed by atoms with van der Waals surface area (Å²) in [5.74, 6) is -0.639. The molecule has 0 aliphatic carbocycles. The Morgan fingerprint density at radius 1 is 1.27 bits per heavy atom. The molecule has 1 aromatic heterocycles. The Kier molecular flexibility index (Phi) is 3.62. The number of aliphatic hydroxyl groups is 1. The molecule has 1 aliphatic heterocycles. The highest BCUT2D eigenvalue weighted by atomic mass is 32.1. The van der Waals surface area contributed by atoms with Crippen molar-refractivity contribution in [2.24, 2.45) is 0 Å². The lowest BCUT2D eigenvalue weighted by Gasteiger charge is -2.25. The van der Waals surface area contributed by atoms with Gasteiger partial charge in [0.25, 0.3) is 5.91 Å². The average Bonchev–Trinajstić information content (AvgIpc) is 3.07. The Bertz CT molecular complexity index is 723. The van der Waals surface area contributed by atoms with E-state index in [1.165, 1.54) is 11.3 Å². The van der Waals surface area contributed by atoms with Crippen molar-refractivity contribution >= 4 is 28.7 Å². The van der Waals surface area contributed by atoms with Gasteiger partial charge in [-0.1, -0.05) is 24.3 Å². The van der Waals surface area contributed by atoms with Crippen molar-refractivity contribution in [3.8, 4) is 0 Å². The van der Waals surface area contributed by atoms with Crippen LogP contribution in [0.1, 0.15) is 35.5 Å². The van der Waals surface area contributed by atoms with E-state index in [9.17, 15) is 14.7 Å². The monoisotopic (exact) mass is 315 g/mol. The van der Waals surface area contributed by atoms with Crippen LogP contribution in [0.5, 0.6) is 0 Å². The number of para-hydroxylation sites is 1. The third-order valence-corrected chi connectivity index (χ3v) is 4.82. The molecule has 0 fully saturated rings. The van der Waals surface area contributed by atoms with Gasteiger partial charge in [0.05, 0.1) is 17.0 Å². The van der Waals surface area contributed by atoms with E-state index in [0.29, 0.717) is 16.1 Å². The third kappa shape index (κ3) is 2.17. The molecule has 22 heavy (non-hydrogen) atoms. The van der Waals surface area contributed by atoms with Crippen LogP contribution in [0, 0.1) is 0 Å². The smallest absolute Gasteiger partial charge is 0.264 e. The van der Waals surface area contributed by atoms with Gasteiger partial charge >= 0.3 is 0 Å². The van der Waals surface area contributed by atoms with E-state index in [-0.39, 0.29) is 18.2 Å². The highest BCUT2D eigenvalue weighted by Crippen LogP contribution is 2.43. The van der Waals surface area contributed by atoms with Gasteiger partial charge < -0.3 is 10.0 Å². The van der Waals surface area contributed by atoms with Gasteiger partial charge in [-0.2, -0.15) is 0 Å². The number of fused-ring (bicyclic) bond motifs is 1. The van der Waals surface area contributed by atoms with Crippen LogP contribution in [0.4, 0.5) is 5.69 Å². The molecule has 2 heterocycles. The van der Waals surface area contributed by atoms with Crippen molar-refractivity contribution in [2.45, 2.75) is 31.9 Å². The van der Waals surface area contributed by atoms with Crippen LogP contribution in [0.25, 0.3) is 0 Å². The van der Waals surface area contributed by atoms with Gasteiger partial charge in [-0.3, -0.25) is 9.59 Å². The van der Waals surface area contributed by atoms with Crippen molar-refractivity contribution in [3.63, 3.8) is 0 Å². The second-order valence-corrected chi connectivity index (χ2v) is 6.67. The summed E-state index contributed by atoms with van der Waals surface area (Å²) in [6.45, 7) is 3.78. The van der Waals surface area contributed by atoms with Crippen LogP contribution >= 0.6 is 11.3 Å². The molecule has 1 aromatic carbocycles. The number of amides is 1. The highest BCUT2D eigenvalue weighted by Gasteiger charge is 2.51. The molecule has 1 unspecified atom stereocenters. The minimum atomic E-state index is -1.78. The Labute approximate surface area is 133 Å². The molecule has 114 valence electrons. The standard InChI is InChI=1S/C17H17NO3S/c1-11(2)18-13-7-4-3-6-12(13)17(21,16(18)20)10-14(19)15-8-5-9-22-15/h3-9,11,21H,10H2,1-2H3. The number of nitrogens with zero attached hydrogens (tertiary/aromatic N) is 1. The minimum Gasteiger partial charge on any atom is -0.375 e. The first-order valence-electron chi connectivity index (χ1n) is 7.17. The number of thiophene rings is 1. The lowest BCUT2D eigenvalue weighted by atomic mass is 9.89. The SMILES string of the molecule is CC(C)N1C(=O)C(O)(CC(=O)c2cccs2)c2ccccc21. The first-order valence-corrected chi connectivity index (χ1v) is 8.05. The third-order valence-electron chi connectivity index (χ3n) is 3.91. The summed E-state index contributed by atoms with van der Waals surface area (Å²) in [6, 6.07) is 10.5. The van der Waals surface area contributed by atoms with Crippen molar-refractivity contribution in [1.82, 2.24) is 0 Å². The van der Waals surface area contributed by atoms with E-state index < -0.39 is 11.5 Å². The van der Waals surface area contributed by atoms with E-state index in [1.807, 2.05) is 25.3 Å². The predicted octanol–water partition coefficient (Wildman–Crippen LogP) is 2.96. The van der Waals surface area contributed by atoms with Gasteiger partial charge in [0, 0.05) is 11.6 Å². The Hall–Kier alpha value is -1.98. The predicted molar refractivity (Wildman–Crippen MR) is 86.2 cm³/mol. The number of anilines is 1. The number of Topliss-reactive ketones (excluding diaryl/α,β-unsaturated/α-hetero) is 1. The molecule has 2 aromatic rings. The molecule has 1 N–H and O–H groups in total. The van der Waals surface area contributed by atoms with E-state index in [2.05, 4.69) is 0 Å². The average molecular weight is 315 g/mol. The summed E-state index contributed by atoms with van der Waals surface area (Å²) >= 11 is 1.32. The van der Waals surface area contributed by atoms with Crippen LogP contribution in [0.2, 0.25) is 0 Å². The molecule has 5 heteroatoms. The molecule has 4 nitrogen and oxygen atoms in total. The Morgan fingerprint density at radius 3 is 2.64 bits per heavy atom. The minimum absolute atomic E-state index is 0.0838. The fourth-order valence-electron chi connectivity index (χ4n) is 2.90. The molecule has 0 saturated heterocycles. The molecule has 0 saturated carbocycles. The number of benzene rings is 1. The molecule has 1 atom stereocenters. The number of hydrogen-bond acceptors (Lipinski definition) is 4. The highest BCUT2D eigenvalue weighted by molar-refractivity contribution is 7.12. The zero-order valence-electron chi connectivity index (χ0n) is 12.4. The van der Waals surface area contributed by atoms with E-state index in [1.54, 1.807) is 35.2 Å². The van der Waals surface area contributed by atoms with Gasteiger partial charge in [0.15, 0.2) is 11.4 Å². The summed E-state index contributed by atoms with van der Waals surface area (Å²) < 4.78 is 0. The topological polar surface area (TPSA) is 57.6 Å². The van der Waals surface area contributed by atoms with Gasteiger partial charge in [0.2, 0.25) is 0 Å². The molecule has 0 radical (unpaired) electrons. The summed E-state index contributed by atoms with van der Waals surface area (Å²) in [6.07, 6.45) is -0.230. The zero-order valence-corrected chi connectivity index (χ0v) is 13.3. The first kappa shape index (κ1) is 14.9. The van der Waals surface area contributed by atoms with E-state index >= 15 is 0 Å². The second-order valence-electron chi connectivity index (χ2n) is 5.72. The van der Waals surface area contributed by atoms with Crippen LogP contribution in [-0.2, 0) is 10.4 Å². The molecule has 1 amide bonds. The van der Waals surface area contributed by atoms with Gasteiger partial charge in [0.1, 0.15) is 0 Å². The summed E-state index contributed by atoms with van der Waals surface area (Å²) in [7, 11) is 0. The van der Waals surface area contributed by atoms with Crippen molar-refractivity contribution in [2.75, 3.05) is 4.90 Å². The van der Waals surface area contributed by atoms with Crippen LogP contribution < -0.4 is 4.90 Å². The van der Waals surface area contributed by atoms with Gasteiger partial charge in [-0.25, -0.2) is 0 Å². The number of ketones is 1. The quantitative estimate of drug-likeness (QED) is 0.883. The molecular weight excluding hydrogens is 298 g/mol. The lowest BCUT2D eigenvalue weighted by Crippen LogP contribution is -2.44. The van der Waals surface area contributed by atoms with Crippen molar-refractivity contribution in [1.29, 1.82) is 0 Å². The van der Waals surface area contributed by atoms with Gasteiger partial charge in [-0.15, -0.1) is 11.3 Å². The summed E-state index contributed by atoms with van der Waals surface area (Å²) in [5.41, 5.74) is -0.579. The fourth-order valence-corrected chi connectivity index (χ4v) is 3.56. The molecule has 0 bridgehead atoms. The van der Waals surface area contributed by atoms with Crippen molar-refractivity contribution in [3.05, 3.63) is 52.2 Å². The van der Waals surface area contributed by atoms with Crippen molar-refractivity contribution < 1.29 is 14.7 Å². The second kappa shape index (κ2) is 5.34. The molecule has 1 aliphatic rings. The normalized spacial score (nSPS) is 20.5.